The summed E-state index contributed by atoms with van der Waals surface area (Å²) in [4.78, 5) is 15.4. The number of carbonyl (C=O) groups excluding carboxylic acids is 1. The van der Waals surface area contributed by atoms with E-state index in [0.29, 0.717) is 0 Å². The Morgan fingerprint density at radius 3 is 2.63 bits per heavy atom. The maximum Gasteiger partial charge on any atom is 0.230 e. The molecule has 1 saturated heterocycles. The Hall–Kier alpha value is -3.74. The zero-order valence-electron chi connectivity index (χ0n) is 22.0. The first kappa shape index (κ1) is 24.6. The minimum atomic E-state index is -0.393. The Kier molecular flexibility index (Phi) is 6.60. The van der Waals surface area contributed by atoms with Crippen LogP contribution in [0.4, 0.5) is 5.69 Å². The van der Waals surface area contributed by atoms with E-state index >= 15 is 0 Å². The standard InChI is InChI=1S/C32H34N4O2/c1-22(18-23-8-10-24(11-9-23)21-36-14-16-38-17-15-36)30-27-13-12-25(19-29(27)34-35-30)28-20-32(28,2)31(37)33-26-6-4-3-5-7-26/h3-13,18-19,28H,14-17,20-21H2,1-2H3,(H,33,37)(H,34,35)/b22-18+/t28-,32+/m0/s1. The van der Waals surface area contributed by atoms with Crippen LogP contribution in [0.15, 0.2) is 72.8 Å². The lowest BCUT2D eigenvalue weighted by Gasteiger charge is -2.26. The molecule has 2 aliphatic rings. The molecular formula is C32H34N4O2. The summed E-state index contributed by atoms with van der Waals surface area (Å²) in [5, 5.41) is 12.0. The summed E-state index contributed by atoms with van der Waals surface area (Å²) in [7, 11) is 0. The molecule has 2 N–H and O–H groups in total. The minimum absolute atomic E-state index is 0.0776. The van der Waals surface area contributed by atoms with E-state index in [1.54, 1.807) is 0 Å². The van der Waals surface area contributed by atoms with Crippen molar-refractivity contribution in [2.24, 2.45) is 5.41 Å². The van der Waals surface area contributed by atoms with Crippen LogP contribution in [-0.2, 0) is 16.1 Å². The van der Waals surface area contributed by atoms with Gasteiger partial charge in [-0.2, -0.15) is 5.10 Å². The van der Waals surface area contributed by atoms with Crippen molar-refractivity contribution in [3.8, 4) is 0 Å². The molecule has 4 aromatic rings. The third kappa shape index (κ3) is 5.02. The van der Waals surface area contributed by atoms with Gasteiger partial charge in [-0.25, -0.2) is 0 Å². The second kappa shape index (κ2) is 10.2. The number of aromatic amines is 1. The number of amides is 1. The Bertz CT molecular complexity index is 1470. The first-order valence-electron chi connectivity index (χ1n) is 13.4. The fraction of sp³-hybridized carbons (Fsp3) is 0.312. The number of aromatic nitrogens is 2. The first-order chi connectivity index (χ1) is 18.5. The molecule has 1 aromatic heterocycles. The number of nitrogens with zero attached hydrogens (tertiary/aromatic N) is 2. The maximum atomic E-state index is 13.0. The van der Waals surface area contributed by atoms with Crippen molar-refractivity contribution in [1.29, 1.82) is 0 Å². The summed E-state index contributed by atoms with van der Waals surface area (Å²) >= 11 is 0. The molecule has 6 nitrogen and oxygen atoms in total. The molecule has 2 atom stereocenters. The summed E-state index contributed by atoms with van der Waals surface area (Å²) in [6, 6.07) is 24.9. The number of fused-ring (bicyclic) bond motifs is 1. The van der Waals surface area contributed by atoms with Crippen LogP contribution in [0.2, 0.25) is 0 Å². The molecule has 0 unspecified atom stereocenters. The van der Waals surface area contributed by atoms with Gasteiger partial charge in [-0.1, -0.05) is 61.5 Å². The van der Waals surface area contributed by atoms with Crippen molar-refractivity contribution in [3.63, 3.8) is 0 Å². The molecule has 1 amide bonds. The number of hydrogen-bond donors (Lipinski definition) is 2. The van der Waals surface area contributed by atoms with Gasteiger partial charge < -0.3 is 10.1 Å². The second-order valence-electron chi connectivity index (χ2n) is 10.8. The van der Waals surface area contributed by atoms with Crippen molar-refractivity contribution >= 4 is 34.1 Å². The van der Waals surface area contributed by atoms with Crippen LogP contribution < -0.4 is 5.32 Å². The Morgan fingerprint density at radius 1 is 1.11 bits per heavy atom. The van der Waals surface area contributed by atoms with Gasteiger partial charge >= 0.3 is 0 Å². The zero-order valence-corrected chi connectivity index (χ0v) is 22.0. The number of hydrogen-bond acceptors (Lipinski definition) is 4. The maximum absolute atomic E-state index is 13.0. The molecule has 0 spiro atoms. The number of para-hydroxylation sites is 1. The zero-order chi connectivity index (χ0) is 26.1. The molecule has 2 fully saturated rings. The number of anilines is 1. The molecule has 0 radical (unpaired) electrons. The normalized spacial score (nSPS) is 21.9. The van der Waals surface area contributed by atoms with Gasteiger partial charge in [0.15, 0.2) is 0 Å². The van der Waals surface area contributed by atoms with E-state index in [4.69, 9.17) is 4.74 Å². The lowest BCUT2D eigenvalue weighted by atomic mass is 9.98. The number of ether oxygens (including phenoxy) is 1. The van der Waals surface area contributed by atoms with Crippen LogP contribution in [-0.4, -0.2) is 47.3 Å². The minimum Gasteiger partial charge on any atom is -0.379 e. The van der Waals surface area contributed by atoms with Crippen LogP contribution in [0, 0.1) is 5.41 Å². The van der Waals surface area contributed by atoms with E-state index in [1.807, 2.05) is 30.3 Å². The molecule has 38 heavy (non-hydrogen) atoms. The van der Waals surface area contributed by atoms with Gasteiger partial charge in [0.1, 0.15) is 0 Å². The SMILES string of the molecule is C/C(=C\c1ccc(CN2CCOCC2)cc1)c1n[nH]c2cc([C@@H]3C[C@@]3(C)C(=O)Nc3ccccc3)ccc12. The van der Waals surface area contributed by atoms with Gasteiger partial charge in [-0.05, 0) is 65.8 Å². The van der Waals surface area contributed by atoms with Crippen LogP contribution in [0.25, 0.3) is 22.6 Å². The predicted octanol–water partition coefficient (Wildman–Crippen LogP) is 6.09. The van der Waals surface area contributed by atoms with Crippen molar-refractivity contribution in [2.75, 3.05) is 31.6 Å². The van der Waals surface area contributed by atoms with Crippen molar-refractivity contribution in [3.05, 3.63) is 95.2 Å². The second-order valence-corrected chi connectivity index (χ2v) is 10.8. The third-order valence-corrected chi connectivity index (χ3v) is 8.02. The fourth-order valence-electron chi connectivity index (χ4n) is 5.51. The molecule has 1 aliphatic heterocycles. The molecule has 3 aromatic carbocycles. The molecule has 6 rings (SSSR count). The predicted molar refractivity (Wildman–Crippen MR) is 153 cm³/mol. The molecule has 1 aliphatic carbocycles. The molecule has 194 valence electrons. The smallest absolute Gasteiger partial charge is 0.230 e. The molecule has 6 heteroatoms. The van der Waals surface area contributed by atoms with Gasteiger partial charge in [-0.3, -0.25) is 14.8 Å². The number of rotatable bonds is 7. The number of allylic oxidation sites excluding steroid dienone is 1. The number of benzene rings is 3. The van der Waals surface area contributed by atoms with E-state index in [2.05, 4.69) is 82.8 Å². The van der Waals surface area contributed by atoms with Crippen LogP contribution in [0.3, 0.4) is 0 Å². The molecular weight excluding hydrogens is 472 g/mol. The van der Waals surface area contributed by atoms with Gasteiger partial charge in [0.2, 0.25) is 5.91 Å². The number of H-pyrrole nitrogens is 1. The van der Waals surface area contributed by atoms with Gasteiger partial charge in [-0.15, -0.1) is 0 Å². The summed E-state index contributed by atoms with van der Waals surface area (Å²) in [6.07, 6.45) is 3.03. The summed E-state index contributed by atoms with van der Waals surface area (Å²) in [5.41, 5.74) is 7.19. The van der Waals surface area contributed by atoms with E-state index in [0.717, 1.165) is 67.1 Å². The van der Waals surface area contributed by atoms with Crippen LogP contribution in [0.5, 0.6) is 0 Å². The van der Waals surface area contributed by atoms with Crippen molar-refractivity contribution in [2.45, 2.75) is 32.7 Å². The topological polar surface area (TPSA) is 70.2 Å². The quantitative estimate of drug-likeness (QED) is 0.318. The first-order valence-corrected chi connectivity index (χ1v) is 13.4. The van der Waals surface area contributed by atoms with Gasteiger partial charge in [0.05, 0.1) is 29.8 Å². The summed E-state index contributed by atoms with van der Waals surface area (Å²) in [5.74, 6) is 0.281. The van der Waals surface area contributed by atoms with E-state index in [-0.39, 0.29) is 11.8 Å². The highest BCUT2D eigenvalue weighted by Crippen LogP contribution is 2.59. The van der Waals surface area contributed by atoms with E-state index in [1.165, 1.54) is 16.7 Å². The highest BCUT2D eigenvalue weighted by Gasteiger charge is 2.56. The Morgan fingerprint density at radius 2 is 1.87 bits per heavy atom. The largest absolute Gasteiger partial charge is 0.379 e. The number of morpholine rings is 1. The average Bonchev–Trinajstić information content (AvgIpc) is 3.46. The Labute approximate surface area is 223 Å². The number of carbonyl (C=O) groups is 1. The highest BCUT2D eigenvalue weighted by molar-refractivity contribution is 5.99. The fourth-order valence-corrected chi connectivity index (χ4v) is 5.51. The molecule has 1 saturated carbocycles. The van der Waals surface area contributed by atoms with Gasteiger partial charge in [0, 0.05) is 30.7 Å². The third-order valence-electron chi connectivity index (χ3n) is 8.02. The summed E-state index contributed by atoms with van der Waals surface area (Å²) < 4.78 is 5.45. The number of nitrogens with one attached hydrogen (secondary N) is 2. The van der Waals surface area contributed by atoms with E-state index in [9.17, 15) is 4.79 Å². The monoisotopic (exact) mass is 506 g/mol. The van der Waals surface area contributed by atoms with Crippen molar-refractivity contribution in [1.82, 2.24) is 15.1 Å². The lowest BCUT2D eigenvalue weighted by molar-refractivity contribution is -0.120. The van der Waals surface area contributed by atoms with Crippen molar-refractivity contribution < 1.29 is 9.53 Å². The molecule has 0 bridgehead atoms. The molecule has 2 heterocycles. The van der Waals surface area contributed by atoms with Crippen LogP contribution >= 0.6 is 0 Å². The Balaban J connectivity index is 1.14. The lowest BCUT2D eigenvalue weighted by Crippen LogP contribution is -2.35. The van der Waals surface area contributed by atoms with Crippen LogP contribution in [0.1, 0.15) is 48.6 Å². The van der Waals surface area contributed by atoms with Gasteiger partial charge in [0.25, 0.3) is 0 Å². The highest BCUT2D eigenvalue weighted by atomic mass is 16.5. The summed E-state index contributed by atoms with van der Waals surface area (Å²) in [6.45, 7) is 8.76. The average molecular weight is 507 g/mol. The van der Waals surface area contributed by atoms with E-state index < -0.39 is 5.41 Å².